The van der Waals surface area contributed by atoms with Gasteiger partial charge in [0.1, 0.15) is 11.9 Å². The topological polar surface area (TPSA) is 51.3 Å². The molecule has 7 heteroatoms. The van der Waals surface area contributed by atoms with Gasteiger partial charge in [0.15, 0.2) is 0 Å². The van der Waals surface area contributed by atoms with Crippen LogP contribution in [0.2, 0.25) is 0 Å². The zero-order chi connectivity index (χ0) is 19.3. The molecule has 2 aromatic rings. The van der Waals surface area contributed by atoms with Crippen molar-refractivity contribution in [3.8, 4) is 0 Å². The number of para-hydroxylation sites is 1. The van der Waals surface area contributed by atoms with Crippen molar-refractivity contribution < 1.29 is 9.29 Å². The lowest BCUT2D eigenvalue weighted by molar-refractivity contribution is -0.933. The molecule has 0 unspecified atom stereocenters. The molecule has 1 saturated heterocycles. The number of benzene rings is 1. The first kappa shape index (κ1) is 19.3. The van der Waals surface area contributed by atoms with Gasteiger partial charge in [-0.05, 0) is 35.4 Å². The zero-order valence-electron chi connectivity index (χ0n) is 16.9. The van der Waals surface area contributed by atoms with Crippen molar-refractivity contribution in [3.05, 3.63) is 35.9 Å². The molecule has 1 aliphatic heterocycles. The molecule has 0 spiro atoms. The summed E-state index contributed by atoms with van der Waals surface area (Å²) in [7, 11) is 0. The van der Waals surface area contributed by atoms with Crippen LogP contribution >= 0.6 is 0 Å². The molecule has 2 heterocycles. The van der Waals surface area contributed by atoms with Crippen LogP contribution in [0.3, 0.4) is 0 Å². The molecule has 2 fully saturated rings. The van der Waals surface area contributed by atoms with Gasteiger partial charge in [0.25, 0.3) is 0 Å². The maximum absolute atomic E-state index is 14.2. The number of aromatic nitrogens is 4. The zero-order valence-corrected chi connectivity index (χ0v) is 16.9. The van der Waals surface area contributed by atoms with Crippen LogP contribution in [-0.4, -0.2) is 46.4 Å². The average molecular weight is 388 g/mol. The van der Waals surface area contributed by atoms with Gasteiger partial charge in [-0.25, -0.2) is 9.07 Å². The van der Waals surface area contributed by atoms with Crippen LogP contribution in [0.1, 0.15) is 69.8 Å². The van der Waals surface area contributed by atoms with Crippen molar-refractivity contribution in [1.82, 2.24) is 20.2 Å². The van der Waals surface area contributed by atoms with Gasteiger partial charge in [-0.15, -0.1) is 5.10 Å². The average Bonchev–Trinajstić information content (AvgIpc) is 3.23. The van der Waals surface area contributed by atoms with Crippen molar-refractivity contribution in [2.45, 2.75) is 64.0 Å². The number of hydrogen-bond acceptors (Lipinski definition) is 4. The highest BCUT2D eigenvalue weighted by Crippen LogP contribution is 2.29. The monoisotopic (exact) mass is 387 g/mol. The highest BCUT2D eigenvalue weighted by molar-refractivity contribution is 5.47. The molecule has 1 aliphatic carbocycles. The first-order valence-electron chi connectivity index (χ1n) is 10.9. The Balaban J connectivity index is 1.48. The standard InChI is InChI=1S/C21H31FN6/c1-2-8-20(21-23-24-25-28(21)17-9-4-3-5-10-17)27-15-13-26(14-16-27)19-12-7-6-11-18(19)22/h6-7,11-12,17,20H,2-5,8-10,13-16H2,1H3/p+1/t20-/m1/s1. The second-order valence-electron chi connectivity index (χ2n) is 8.21. The quantitative estimate of drug-likeness (QED) is 0.828. The molecule has 2 aliphatic rings. The summed E-state index contributed by atoms with van der Waals surface area (Å²) in [5.41, 5.74) is 0.723. The molecule has 0 radical (unpaired) electrons. The number of nitrogens with one attached hydrogen (secondary N) is 1. The third-order valence-electron chi connectivity index (χ3n) is 6.42. The minimum Gasteiger partial charge on any atom is -0.358 e. The number of piperazine rings is 1. The van der Waals surface area contributed by atoms with E-state index in [9.17, 15) is 4.39 Å². The number of quaternary nitrogens is 1. The van der Waals surface area contributed by atoms with Gasteiger partial charge in [0, 0.05) is 6.42 Å². The van der Waals surface area contributed by atoms with Gasteiger partial charge < -0.3 is 9.80 Å². The SMILES string of the molecule is CCC[C@H](c1nnnn1C1CCCCC1)[NH+]1CCN(c2ccccc2F)CC1. The number of anilines is 1. The molecule has 1 saturated carbocycles. The van der Waals surface area contributed by atoms with Gasteiger partial charge in [0.05, 0.1) is 37.9 Å². The molecule has 0 amide bonds. The van der Waals surface area contributed by atoms with Crippen molar-refractivity contribution in [3.63, 3.8) is 0 Å². The third kappa shape index (κ3) is 4.04. The number of nitrogens with zero attached hydrogens (tertiary/aromatic N) is 5. The van der Waals surface area contributed by atoms with E-state index >= 15 is 0 Å². The van der Waals surface area contributed by atoms with Crippen LogP contribution < -0.4 is 9.80 Å². The minimum atomic E-state index is -0.128. The molecule has 152 valence electrons. The summed E-state index contributed by atoms with van der Waals surface area (Å²) < 4.78 is 16.3. The van der Waals surface area contributed by atoms with E-state index in [0.717, 1.165) is 50.5 Å². The molecular formula is C21H32FN6+. The Bertz CT molecular complexity index is 749. The van der Waals surface area contributed by atoms with E-state index < -0.39 is 0 Å². The van der Waals surface area contributed by atoms with Crippen molar-refractivity contribution in [2.75, 3.05) is 31.1 Å². The van der Waals surface area contributed by atoms with E-state index in [2.05, 4.69) is 32.0 Å². The van der Waals surface area contributed by atoms with Gasteiger partial charge >= 0.3 is 0 Å². The lowest BCUT2D eigenvalue weighted by atomic mass is 9.95. The second-order valence-corrected chi connectivity index (χ2v) is 8.21. The molecule has 0 bridgehead atoms. The highest BCUT2D eigenvalue weighted by Gasteiger charge is 2.34. The first-order valence-corrected chi connectivity index (χ1v) is 10.9. The van der Waals surface area contributed by atoms with E-state index in [4.69, 9.17) is 0 Å². The van der Waals surface area contributed by atoms with E-state index in [0.29, 0.717) is 12.1 Å². The Labute approximate surface area is 166 Å². The van der Waals surface area contributed by atoms with Crippen LogP contribution in [0, 0.1) is 5.82 Å². The van der Waals surface area contributed by atoms with Crippen LogP contribution in [0.25, 0.3) is 0 Å². The largest absolute Gasteiger partial charge is 0.358 e. The van der Waals surface area contributed by atoms with E-state index in [1.807, 2.05) is 12.1 Å². The second kappa shape index (κ2) is 8.99. The number of rotatable bonds is 6. The minimum absolute atomic E-state index is 0.128. The van der Waals surface area contributed by atoms with Crippen molar-refractivity contribution in [2.24, 2.45) is 0 Å². The molecule has 28 heavy (non-hydrogen) atoms. The normalized spacial score (nSPS) is 20.4. The lowest BCUT2D eigenvalue weighted by Gasteiger charge is -2.37. The van der Waals surface area contributed by atoms with Crippen LogP contribution in [-0.2, 0) is 0 Å². The summed E-state index contributed by atoms with van der Waals surface area (Å²) in [5, 5.41) is 12.9. The summed E-state index contributed by atoms with van der Waals surface area (Å²) in [6, 6.07) is 7.88. The summed E-state index contributed by atoms with van der Waals surface area (Å²) in [4.78, 5) is 3.70. The maximum Gasteiger partial charge on any atom is 0.209 e. The van der Waals surface area contributed by atoms with Crippen LogP contribution in [0.15, 0.2) is 24.3 Å². The fraction of sp³-hybridized carbons (Fsp3) is 0.667. The van der Waals surface area contributed by atoms with Gasteiger partial charge in [-0.1, -0.05) is 44.7 Å². The molecule has 1 N–H and O–H groups in total. The van der Waals surface area contributed by atoms with Crippen LogP contribution in [0.4, 0.5) is 10.1 Å². The fourth-order valence-electron chi connectivity index (χ4n) is 4.91. The number of halogens is 1. The van der Waals surface area contributed by atoms with Gasteiger partial charge in [-0.2, -0.15) is 0 Å². The fourth-order valence-corrected chi connectivity index (χ4v) is 4.91. The summed E-state index contributed by atoms with van der Waals surface area (Å²) in [6.07, 6.45) is 8.45. The Morgan fingerprint density at radius 1 is 1.14 bits per heavy atom. The Kier molecular flexibility index (Phi) is 6.20. The summed E-state index contributed by atoms with van der Waals surface area (Å²) >= 11 is 0. The van der Waals surface area contributed by atoms with Gasteiger partial charge in [-0.3, -0.25) is 0 Å². The Morgan fingerprint density at radius 2 is 1.89 bits per heavy atom. The van der Waals surface area contributed by atoms with E-state index in [1.54, 1.807) is 12.1 Å². The lowest BCUT2D eigenvalue weighted by Crippen LogP contribution is -3.15. The van der Waals surface area contributed by atoms with E-state index in [-0.39, 0.29) is 5.82 Å². The molecule has 1 aromatic heterocycles. The van der Waals surface area contributed by atoms with Crippen LogP contribution in [0.5, 0.6) is 0 Å². The van der Waals surface area contributed by atoms with Crippen molar-refractivity contribution in [1.29, 1.82) is 0 Å². The predicted molar refractivity (Wildman–Crippen MR) is 107 cm³/mol. The number of hydrogen-bond donors (Lipinski definition) is 1. The first-order chi connectivity index (χ1) is 13.8. The van der Waals surface area contributed by atoms with E-state index in [1.165, 1.54) is 37.0 Å². The number of tetrazole rings is 1. The smallest absolute Gasteiger partial charge is 0.209 e. The molecular weight excluding hydrogens is 355 g/mol. The summed E-state index contributed by atoms with van der Waals surface area (Å²) in [6.45, 7) is 5.92. The molecule has 1 aromatic carbocycles. The summed E-state index contributed by atoms with van der Waals surface area (Å²) in [5.74, 6) is 0.931. The third-order valence-corrected chi connectivity index (χ3v) is 6.42. The Morgan fingerprint density at radius 3 is 2.61 bits per heavy atom. The molecule has 1 atom stereocenters. The molecule has 4 rings (SSSR count). The highest BCUT2D eigenvalue weighted by atomic mass is 19.1. The van der Waals surface area contributed by atoms with Crippen molar-refractivity contribution >= 4 is 5.69 Å². The maximum atomic E-state index is 14.2. The van der Waals surface area contributed by atoms with Gasteiger partial charge in [0.2, 0.25) is 5.82 Å². The predicted octanol–water partition coefficient (Wildman–Crippen LogP) is 2.56. The Hall–Kier alpha value is -2.02. The molecule has 6 nitrogen and oxygen atoms in total.